The summed E-state index contributed by atoms with van der Waals surface area (Å²) in [6.45, 7) is 0.192. The third-order valence-electron chi connectivity index (χ3n) is 3.72. The van der Waals surface area contributed by atoms with Crippen LogP contribution in [0.3, 0.4) is 0 Å². The summed E-state index contributed by atoms with van der Waals surface area (Å²) in [5.41, 5.74) is 6.20. The Bertz CT molecular complexity index is 440. The molecule has 0 atom stereocenters. The fraction of sp³-hybridized carbons (Fsp3) is 0.533. The summed E-state index contributed by atoms with van der Waals surface area (Å²) >= 11 is 6.03. The van der Waals surface area contributed by atoms with Gasteiger partial charge >= 0.3 is 5.97 Å². The number of carbonyl (C=O) groups excluding carboxylic acids is 1. The van der Waals surface area contributed by atoms with Crippen LogP contribution in [0.25, 0.3) is 0 Å². The third-order valence-corrected chi connectivity index (χ3v) is 4.09. The number of benzene rings is 1. The Labute approximate surface area is 119 Å². The third kappa shape index (κ3) is 3.71. The molecular weight excluding hydrogens is 262 g/mol. The average Bonchev–Trinajstić information content (AvgIpc) is 2.63. The van der Waals surface area contributed by atoms with Crippen LogP contribution in [0, 0.1) is 0 Å². The maximum atomic E-state index is 12.2. The van der Waals surface area contributed by atoms with E-state index in [9.17, 15) is 4.79 Å². The molecule has 0 aliphatic heterocycles. The first-order chi connectivity index (χ1) is 9.12. The number of hydrogen-bond acceptors (Lipinski definition) is 3. The minimum absolute atomic E-state index is 0.192. The molecule has 2 N–H and O–H groups in total. The van der Waals surface area contributed by atoms with E-state index in [2.05, 4.69) is 0 Å². The number of rotatable bonds is 3. The second kappa shape index (κ2) is 6.40. The van der Waals surface area contributed by atoms with Gasteiger partial charge in [0.05, 0.1) is 0 Å². The van der Waals surface area contributed by atoms with Gasteiger partial charge < -0.3 is 10.5 Å². The molecule has 1 aliphatic carbocycles. The lowest BCUT2D eigenvalue weighted by Crippen LogP contribution is -2.48. The van der Waals surface area contributed by atoms with E-state index in [1.807, 2.05) is 18.2 Å². The molecule has 0 amide bonds. The molecule has 0 radical (unpaired) electrons. The molecule has 0 bridgehead atoms. The smallest absolute Gasteiger partial charge is 0.326 e. The molecule has 1 aromatic rings. The maximum Gasteiger partial charge on any atom is 0.326 e. The largest absolute Gasteiger partial charge is 0.459 e. The van der Waals surface area contributed by atoms with Crippen LogP contribution < -0.4 is 5.73 Å². The van der Waals surface area contributed by atoms with Gasteiger partial charge in [-0.2, -0.15) is 0 Å². The van der Waals surface area contributed by atoms with Gasteiger partial charge in [-0.15, -0.1) is 0 Å². The van der Waals surface area contributed by atoms with E-state index in [-0.39, 0.29) is 12.6 Å². The predicted molar refractivity (Wildman–Crippen MR) is 75.9 cm³/mol. The lowest BCUT2D eigenvalue weighted by molar-refractivity contribution is -0.152. The molecule has 0 heterocycles. The van der Waals surface area contributed by atoms with Gasteiger partial charge in [0.2, 0.25) is 0 Å². The lowest BCUT2D eigenvalue weighted by atomic mass is 9.92. The van der Waals surface area contributed by atoms with E-state index in [4.69, 9.17) is 22.1 Å². The maximum absolute atomic E-state index is 12.2. The Kier molecular flexibility index (Phi) is 4.83. The van der Waals surface area contributed by atoms with E-state index in [1.54, 1.807) is 6.07 Å². The van der Waals surface area contributed by atoms with Gasteiger partial charge in [0.1, 0.15) is 12.1 Å². The van der Waals surface area contributed by atoms with Crippen LogP contribution in [0.1, 0.15) is 44.1 Å². The summed E-state index contributed by atoms with van der Waals surface area (Å²) in [4.78, 5) is 12.2. The Morgan fingerprint density at radius 3 is 2.47 bits per heavy atom. The molecule has 2 rings (SSSR count). The van der Waals surface area contributed by atoms with Crippen LogP contribution in [0.4, 0.5) is 0 Å². The molecular formula is C15H20ClNO2. The molecule has 0 unspecified atom stereocenters. The summed E-state index contributed by atoms with van der Waals surface area (Å²) in [6, 6.07) is 7.36. The highest BCUT2D eigenvalue weighted by molar-refractivity contribution is 6.31. The highest BCUT2D eigenvalue weighted by Crippen LogP contribution is 2.26. The first-order valence-electron chi connectivity index (χ1n) is 6.81. The normalized spacial score (nSPS) is 18.6. The van der Waals surface area contributed by atoms with Crippen molar-refractivity contribution in [3.05, 3.63) is 34.9 Å². The van der Waals surface area contributed by atoms with Crippen molar-refractivity contribution < 1.29 is 9.53 Å². The quantitative estimate of drug-likeness (QED) is 0.682. The van der Waals surface area contributed by atoms with Crippen molar-refractivity contribution in [3.63, 3.8) is 0 Å². The zero-order valence-corrected chi connectivity index (χ0v) is 11.8. The number of esters is 1. The summed E-state index contributed by atoms with van der Waals surface area (Å²) in [6.07, 6.45) is 5.73. The lowest BCUT2D eigenvalue weighted by Gasteiger charge is -2.25. The zero-order valence-electron chi connectivity index (χ0n) is 11.0. The molecule has 1 aromatic carbocycles. The van der Waals surface area contributed by atoms with Crippen molar-refractivity contribution >= 4 is 17.6 Å². The van der Waals surface area contributed by atoms with Crippen LogP contribution in [-0.4, -0.2) is 11.5 Å². The topological polar surface area (TPSA) is 52.3 Å². The van der Waals surface area contributed by atoms with Crippen molar-refractivity contribution in [3.8, 4) is 0 Å². The van der Waals surface area contributed by atoms with Gasteiger partial charge in [0.25, 0.3) is 0 Å². The van der Waals surface area contributed by atoms with Gasteiger partial charge in [-0.3, -0.25) is 4.79 Å². The molecule has 1 fully saturated rings. The minimum Gasteiger partial charge on any atom is -0.459 e. The van der Waals surface area contributed by atoms with Gasteiger partial charge in [0, 0.05) is 10.6 Å². The molecule has 19 heavy (non-hydrogen) atoms. The standard InChI is InChI=1S/C15H20ClNO2/c16-13-8-4-3-7-12(13)11-19-14(18)15(17)9-5-1-2-6-10-15/h3-4,7-8H,1-2,5-6,9-11,17H2. The molecule has 0 saturated heterocycles. The number of nitrogens with two attached hydrogens (primary N) is 1. The molecule has 104 valence electrons. The minimum atomic E-state index is -0.808. The van der Waals surface area contributed by atoms with E-state index in [0.717, 1.165) is 31.2 Å². The van der Waals surface area contributed by atoms with Gasteiger partial charge in [-0.05, 0) is 18.9 Å². The monoisotopic (exact) mass is 281 g/mol. The van der Waals surface area contributed by atoms with Crippen molar-refractivity contribution in [1.82, 2.24) is 0 Å². The van der Waals surface area contributed by atoms with E-state index >= 15 is 0 Å². The van der Waals surface area contributed by atoms with Crippen LogP contribution in [0.15, 0.2) is 24.3 Å². The highest BCUT2D eigenvalue weighted by Gasteiger charge is 2.35. The second-order valence-corrected chi connectivity index (χ2v) is 5.65. The van der Waals surface area contributed by atoms with E-state index in [0.29, 0.717) is 17.9 Å². The van der Waals surface area contributed by atoms with E-state index < -0.39 is 5.54 Å². The highest BCUT2D eigenvalue weighted by atomic mass is 35.5. The Balaban J connectivity index is 1.95. The number of halogens is 1. The second-order valence-electron chi connectivity index (χ2n) is 5.24. The van der Waals surface area contributed by atoms with Crippen LogP contribution in [0.2, 0.25) is 5.02 Å². The Morgan fingerprint density at radius 1 is 1.21 bits per heavy atom. The predicted octanol–water partition coefficient (Wildman–Crippen LogP) is 3.43. The number of hydrogen-bond donors (Lipinski definition) is 1. The van der Waals surface area contributed by atoms with Crippen molar-refractivity contribution in [2.75, 3.05) is 0 Å². The van der Waals surface area contributed by atoms with Crippen LogP contribution >= 0.6 is 11.6 Å². The van der Waals surface area contributed by atoms with Crippen LogP contribution in [-0.2, 0) is 16.1 Å². The SMILES string of the molecule is NC1(C(=O)OCc2ccccc2Cl)CCCCCC1. The van der Waals surface area contributed by atoms with E-state index in [1.165, 1.54) is 0 Å². The van der Waals surface area contributed by atoms with Crippen molar-refractivity contribution in [2.24, 2.45) is 5.73 Å². The summed E-state index contributed by atoms with van der Waals surface area (Å²) < 4.78 is 5.36. The van der Waals surface area contributed by atoms with Gasteiger partial charge in [-0.1, -0.05) is 55.5 Å². The summed E-state index contributed by atoms with van der Waals surface area (Å²) in [5, 5.41) is 0.613. The molecule has 1 saturated carbocycles. The fourth-order valence-corrected chi connectivity index (χ4v) is 2.66. The number of carbonyl (C=O) groups is 1. The Hall–Kier alpha value is -1.06. The summed E-state index contributed by atoms with van der Waals surface area (Å²) in [5.74, 6) is -0.297. The molecule has 4 heteroatoms. The summed E-state index contributed by atoms with van der Waals surface area (Å²) in [7, 11) is 0. The molecule has 3 nitrogen and oxygen atoms in total. The first kappa shape index (κ1) is 14.4. The molecule has 0 spiro atoms. The molecule has 1 aliphatic rings. The zero-order chi connectivity index (χ0) is 13.7. The van der Waals surface area contributed by atoms with Crippen molar-refractivity contribution in [2.45, 2.75) is 50.7 Å². The Morgan fingerprint density at radius 2 is 1.84 bits per heavy atom. The van der Waals surface area contributed by atoms with Gasteiger partial charge in [-0.25, -0.2) is 0 Å². The first-order valence-corrected chi connectivity index (χ1v) is 7.19. The average molecular weight is 282 g/mol. The fourth-order valence-electron chi connectivity index (χ4n) is 2.47. The van der Waals surface area contributed by atoms with Crippen molar-refractivity contribution in [1.29, 1.82) is 0 Å². The number of ether oxygens (including phenoxy) is 1. The van der Waals surface area contributed by atoms with Gasteiger partial charge in [0.15, 0.2) is 0 Å². The molecule has 0 aromatic heterocycles. The van der Waals surface area contributed by atoms with Crippen LogP contribution in [0.5, 0.6) is 0 Å².